The molecule has 0 aliphatic heterocycles. The molecule has 0 spiro atoms. The van der Waals surface area contributed by atoms with E-state index < -0.39 is 0 Å². The van der Waals surface area contributed by atoms with Crippen molar-refractivity contribution in [3.63, 3.8) is 0 Å². The standard InChI is InChI=1S/C14H20IN/c1-10-6-5-9-12(13(10)15)14(16)11-7-3-2-4-8-11/h5-6,9,11,14H,2-4,7-8,16H2,1H3. The van der Waals surface area contributed by atoms with Gasteiger partial charge in [0.25, 0.3) is 0 Å². The summed E-state index contributed by atoms with van der Waals surface area (Å²) in [5, 5.41) is 0. The van der Waals surface area contributed by atoms with Crippen LogP contribution in [-0.4, -0.2) is 0 Å². The Morgan fingerprint density at radius 3 is 2.62 bits per heavy atom. The first-order chi connectivity index (χ1) is 7.70. The summed E-state index contributed by atoms with van der Waals surface area (Å²) in [5.74, 6) is 0.698. The van der Waals surface area contributed by atoms with E-state index >= 15 is 0 Å². The molecule has 1 aliphatic rings. The van der Waals surface area contributed by atoms with Gasteiger partial charge in [-0.2, -0.15) is 0 Å². The molecule has 1 aliphatic carbocycles. The molecule has 0 aromatic heterocycles. The molecular formula is C14H20IN. The molecule has 1 nitrogen and oxygen atoms in total. The Bertz CT molecular complexity index is 356. The molecule has 2 N–H and O–H groups in total. The highest BCUT2D eigenvalue weighted by Gasteiger charge is 2.23. The third-order valence-corrected chi connectivity index (χ3v) is 5.21. The summed E-state index contributed by atoms with van der Waals surface area (Å²) in [6.45, 7) is 2.17. The molecule has 88 valence electrons. The Hall–Kier alpha value is -0.0900. The zero-order chi connectivity index (χ0) is 11.5. The smallest absolute Gasteiger partial charge is 0.0334 e. The van der Waals surface area contributed by atoms with Crippen LogP contribution >= 0.6 is 22.6 Å². The molecule has 1 saturated carbocycles. The van der Waals surface area contributed by atoms with Crippen LogP contribution in [0.25, 0.3) is 0 Å². The van der Waals surface area contributed by atoms with Crippen LogP contribution in [0.2, 0.25) is 0 Å². The highest BCUT2D eigenvalue weighted by Crippen LogP contribution is 2.35. The number of benzene rings is 1. The van der Waals surface area contributed by atoms with Gasteiger partial charge in [0.15, 0.2) is 0 Å². The van der Waals surface area contributed by atoms with Crippen molar-refractivity contribution in [2.75, 3.05) is 0 Å². The topological polar surface area (TPSA) is 26.0 Å². The summed E-state index contributed by atoms with van der Waals surface area (Å²) < 4.78 is 1.36. The maximum Gasteiger partial charge on any atom is 0.0334 e. The van der Waals surface area contributed by atoms with Crippen LogP contribution in [0.15, 0.2) is 18.2 Å². The maximum atomic E-state index is 6.43. The predicted molar refractivity (Wildman–Crippen MR) is 77.4 cm³/mol. The van der Waals surface area contributed by atoms with Gasteiger partial charge in [-0.05, 0) is 59.4 Å². The number of rotatable bonds is 2. The second-order valence-corrected chi connectivity index (χ2v) is 5.98. The van der Waals surface area contributed by atoms with Gasteiger partial charge in [0.1, 0.15) is 0 Å². The zero-order valence-electron chi connectivity index (χ0n) is 9.88. The Kier molecular flexibility index (Phi) is 4.25. The van der Waals surface area contributed by atoms with Gasteiger partial charge in [0.2, 0.25) is 0 Å². The van der Waals surface area contributed by atoms with E-state index in [1.54, 1.807) is 0 Å². The second kappa shape index (κ2) is 5.50. The molecule has 16 heavy (non-hydrogen) atoms. The van der Waals surface area contributed by atoms with Crippen LogP contribution in [0.4, 0.5) is 0 Å². The van der Waals surface area contributed by atoms with Crippen molar-refractivity contribution in [2.45, 2.75) is 45.1 Å². The van der Waals surface area contributed by atoms with Crippen molar-refractivity contribution in [3.05, 3.63) is 32.9 Å². The molecule has 1 atom stereocenters. The fraction of sp³-hybridized carbons (Fsp3) is 0.571. The number of nitrogens with two attached hydrogens (primary N) is 1. The van der Waals surface area contributed by atoms with Gasteiger partial charge in [0.05, 0.1) is 0 Å². The van der Waals surface area contributed by atoms with Gasteiger partial charge >= 0.3 is 0 Å². The SMILES string of the molecule is Cc1cccc(C(N)C2CCCCC2)c1I. The molecule has 1 aromatic rings. The first kappa shape index (κ1) is 12.4. The van der Waals surface area contributed by atoms with Crippen molar-refractivity contribution in [2.24, 2.45) is 11.7 Å². The zero-order valence-corrected chi connectivity index (χ0v) is 12.0. The monoisotopic (exact) mass is 329 g/mol. The van der Waals surface area contributed by atoms with E-state index in [4.69, 9.17) is 5.73 Å². The number of hydrogen-bond acceptors (Lipinski definition) is 1. The van der Waals surface area contributed by atoms with E-state index in [0.29, 0.717) is 5.92 Å². The molecule has 0 amide bonds. The van der Waals surface area contributed by atoms with Gasteiger partial charge in [-0.25, -0.2) is 0 Å². The van der Waals surface area contributed by atoms with E-state index in [9.17, 15) is 0 Å². The Balaban J connectivity index is 2.19. The number of halogens is 1. The Morgan fingerprint density at radius 2 is 1.94 bits per heavy atom. The third kappa shape index (κ3) is 2.59. The van der Waals surface area contributed by atoms with Crippen molar-refractivity contribution >= 4 is 22.6 Å². The lowest BCUT2D eigenvalue weighted by Gasteiger charge is -2.28. The molecule has 2 heteroatoms. The third-order valence-electron chi connectivity index (χ3n) is 3.74. The van der Waals surface area contributed by atoms with E-state index in [-0.39, 0.29) is 6.04 Å². The second-order valence-electron chi connectivity index (χ2n) is 4.90. The van der Waals surface area contributed by atoms with E-state index in [1.807, 2.05) is 0 Å². The molecule has 1 fully saturated rings. The molecule has 2 rings (SSSR count). The lowest BCUT2D eigenvalue weighted by atomic mass is 9.81. The van der Waals surface area contributed by atoms with Crippen molar-refractivity contribution in [1.29, 1.82) is 0 Å². The van der Waals surface area contributed by atoms with Crippen molar-refractivity contribution < 1.29 is 0 Å². The summed E-state index contributed by atoms with van der Waals surface area (Å²) in [4.78, 5) is 0. The molecule has 1 unspecified atom stereocenters. The van der Waals surface area contributed by atoms with E-state index in [2.05, 4.69) is 47.7 Å². The molecule has 0 bridgehead atoms. The van der Waals surface area contributed by atoms with Crippen LogP contribution in [0.3, 0.4) is 0 Å². The van der Waals surface area contributed by atoms with Crippen LogP contribution in [0, 0.1) is 16.4 Å². The summed E-state index contributed by atoms with van der Waals surface area (Å²) in [7, 11) is 0. The van der Waals surface area contributed by atoms with Gasteiger partial charge in [-0.1, -0.05) is 37.5 Å². The first-order valence-corrected chi connectivity index (χ1v) is 7.28. The lowest BCUT2D eigenvalue weighted by Crippen LogP contribution is -2.24. The maximum absolute atomic E-state index is 6.43. The van der Waals surface area contributed by atoms with Gasteiger partial charge in [-0.3, -0.25) is 0 Å². The predicted octanol–water partition coefficient (Wildman–Crippen LogP) is 4.18. The Morgan fingerprint density at radius 1 is 1.25 bits per heavy atom. The van der Waals surface area contributed by atoms with Crippen LogP contribution in [0.1, 0.15) is 49.3 Å². The van der Waals surface area contributed by atoms with Crippen molar-refractivity contribution in [1.82, 2.24) is 0 Å². The quantitative estimate of drug-likeness (QED) is 0.810. The average Bonchev–Trinajstić information content (AvgIpc) is 2.33. The summed E-state index contributed by atoms with van der Waals surface area (Å²) in [6, 6.07) is 6.75. The van der Waals surface area contributed by atoms with Crippen LogP contribution in [-0.2, 0) is 0 Å². The summed E-state index contributed by atoms with van der Waals surface area (Å²) in [5.41, 5.74) is 9.14. The fourth-order valence-electron chi connectivity index (χ4n) is 2.67. The normalized spacial score (nSPS) is 19.7. The summed E-state index contributed by atoms with van der Waals surface area (Å²) >= 11 is 2.44. The average molecular weight is 329 g/mol. The highest BCUT2D eigenvalue weighted by molar-refractivity contribution is 14.1. The van der Waals surface area contributed by atoms with Crippen LogP contribution < -0.4 is 5.73 Å². The molecule has 0 radical (unpaired) electrons. The molecule has 0 heterocycles. The fourth-order valence-corrected chi connectivity index (χ4v) is 3.39. The number of hydrogen-bond donors (Lipinski definition) is 1. The molecule has 1 aromatic carbocycles. The van der Waals surface area contributed by atoms with E-state index in [0.717, 1.165) is 0 Å². The minimum Gasteiger partial charge on any atom is -0.324 e. The van der Waals surface area contributed by atoms with Crippen molar-refractivity contribution in [3.8, 4) is 0 Å². The first-order valence-electron chi connectivity index (χ1n) is 6.20. The largest absolute Gasteiger partial charge is 0.324 e. The molecule has 0 saturated heterocycles. The lowest BCUT2D eigenvalue weighted by molar-refractivity contribution is 0.307. The minimum atomic E-state index is 0.243. The number of aryl methyl sites for hydroxylation is 1. The van der Waals surface area contributed by atoms with Gasteiger partial charge < -0.3 is 5.73 Å². The van der Waals surface area contributed by atoms with Crippen LogP contribution in [0.5, 0.6) is 0 Å². The highest BCUT2D eigenvalue weighted by atomic mass is 127. The van der Waals surface area contributed by atoms with Gasteiger partial charge in [0, 0.05) is 9.61 Å². The summed E-state index contributed by atoms with van der Waals surface area (Å²) in [6.07, 6.45) is 6.74. The molecular weight excluding hydrogens is 309 g/mol. The minimum absolute atomic E-state index is 0.243. The van der Waals surface area contributed by atoms with E-state index in [1.165, 1.54) is 46.8 Å². The van der Waals surface area contributed by atoms with Gasteiger partial charge in [-0.15, -0.1) is 0 Å². The Labute approximate surface area is 112 Å².